The van der Waals surface area contributed by atoms with E-state index in [1.807, 2.05) is 21.1 Å². The minimum Gasteiger partial charge on any atom is -0.462 e. The number of carbonyl (C=O) groups is 2. The molecule has 0 aromatic rings. The third kappa shape index (κ3) is 34.2. The van der Waals surface area contributed by atoms with Gasteiger partial charge < -0.3 is 18.9 Å². The number of hydrogen-bond acceptors (Lipinski definition) is 7. The molecule has 2 unspecified atom stereocenters. The molecule has 0 heterocycles. The monoisotopic (exact) mass is 688 g/mol. The molecular weight excluding hydrogens is 617 g/mol. The zero-order valence-electron chi connectivity index (χ0n) is 30.8. The molecule has 2 atom stereocenters. The Kier molecular flexibility index (Phi) is 29.6. The highest BCUT2D eigenvalue weighted by Crippen LogP contribution is 2.43. The molecule has 0 rings (SSSR count). The first kappa shape index (κ1) is 45.5. The number of nitrogens with zero attached hydrogens (tertiary/aromatic N) is 1. The smallest absolute Gasteiger partial charge is 0.462 e. The molecule has 10 heteroatoms. The number of carbonyl (C=O) groups excluding carboxylic acids is 2. The normalized spacial score (nSPS) is 14.1. The SMILES string of the molecule is CCC/C=C\C/C=C\CCCCCCCC(=O)OC(COC(=O)CCCCCCCCCCCC)COP(=O)(O)OCC[N+](C)(C)C. The molecule has 0 aliphatic carbocycles. The zero-order chi connectivity index (χ0) is 35.1. The highest BCUT2D eigenvalue weighted by Gasteiger charge is 2.27. The summed E-state index contributed by atoms with van der Waals surface area (Å²) >= 11 is 0. The summed E-state index contributed by atoms with van der Waals surface area (Å²) in [4.78, 5) is 35.1. The summed E-state index contributed by atoms with van der Waals surface area (Å²) in [6.45, 7) is 4.31. The van der Waals surface area contributed by atoms with Gasteiger partial charge in [0.15, 0.2) is 6.10 Å². The first-order valence-corrected chi connectivity index (χ1v) is 20.1. The lowest BCUT2D eigenvalue weighted by Gasteiger charge is -2.24. The molecule has 0 fully saturated rings. The van der Waals surface area contributed by atoms with Crippen LogP contribution < -0.4 is 0 Å². The number of phosphoric acid groups is 1. The predicted molar refractivity (Wildman–Crippen MR) is 192 cm³/mol. The van der Waals surface area contributed by atoms with Gasteiger partial charge in [-0.25, -0.2) is 4.57 Å². The Bertz CT molecular complexity index is 871. The van der Waals surface area contributed by atoms with E-state index in [9.17, 15) is 19.0 Å². The van der Waals surface area contributed by atoms with Crippen LogP contribution in [-0.4, -0.2) is 74.9 Å². The van der Waals surface area contributed by atoms with Crippen molar-refractivity contribution >= 4 is 19.8 Å². The highest BCUT2D eigenvalue weighted by atomic mass is 31.2. The van der Waals surface area contributed by atoms with Crippen LogP contribution >= 0.6 is 7.82 Å². The van der Waals surface area contributed by atoms with E-state index < -0.39 is 26.5 Å². The lowest BCUT2D eigenvalue weighted by atomic mass is 10.1. The highest BCUT2D eigenvalue weighted by molar-refractivity contribution is 7.47. The van der Waals surface area contributed by atoms with Crippen molar-refractivity contribution in [2.75, 3.05) is 47.5 Å². The predicted octanol–water partition coefficient (Wildman–Crippen LogP) is 9.63. The number of hydrogen-bond donors (Lipinski definition) is 1. The van der Waals surface area contributed by atoms with Gasteiger partial charge in [-0.15, -0.1) is 0 Å². The topological polar surface area (TPSA) is 108 Å². The van der Waals surface area contributed by atoms with Crippen LogP contribution in [0.3, 0.4) is 0 Å². The molecule has 0 amide bonds. The van der Waals surface area contributed by atoms with Gasteiger partial charge in [-0.05, 0) is 38.5 Å². The van der Waals surface area contributed by atoms with E-state index >= 15 is 0 Å². The van der Waals surface area contributed by atoms with E-state index in [2.05, 4.69) is 38.2 Å². The molecule has 47 heavy (non-hydrogen) atoms. The van der Waals surface area contributed by atoms with E-state index in [1.165, 1.54) is 51.4 Å². The average molecular weight is 689 g/mol. The fraction of sp³-hybridized carbons (Fsp3) is 0.838. The summed E-state index contributed by atoms with van der Waals surface area (Å²) in [6, 6.07) is 0. The van der Waals surface area contributed by atoms with Crippen molar-refractivity contribution in [3.8, 4) is 0 Å². The van der Waals surface area contributed by atoms with Gasteiger partial charge in [-0.2, -0.15) is 0 Å². The van der Waals surface area contributed by atoms with Gasteiger partial charge in [0.1, 0.15) is 19.8 Å². The van der Waals surface area contributed by atoms with Crippen LogP contribution in [0.5, 0.6) is 0 Å². The molecule has 276 valence electrons. The molecule has 9 nitrogen and oxygen atoms in total. The molecule has 0 radical (unpaired) electrons. The standard InChI is InChI=1S/C37H70NO8P/c1-6-8-10-12-14-16-18-19-20-22-24-26-28-30-37(40)46-35(34-45-47(41,42)44-32-31-38(3,4)5)33-43-36(39)29-27-25-23-21-17-15-13-11-9-7-2/h10,12,16,18,35H,6-9,11,13-15,17,19-34H2,1-5H3/p+1/b12-10-,18-16-. The number of esters is 2. The van der Waals surface area contributed by atoms with Gasteiger partial charge in [0.2, 0.25) is 0 Å². The van der Waals surface area contributed by atoms with Crippen LogP contribution in [0.2, 0.25) is 0 Å². The Hall–Kier alpha value is -1.51. The van der Waals surface area contributed by atoms with E-state index in [-0.39, 0.29) is 32.0 Å². The minimum absolute atomic E-state index is 0.0300. The molecule has 0 spiro atoms. The van der Waals surface area contributed by atoms with E-state index in [1.54, 1.807) is 0 Å². The number of phosphoric ester groups is 1. The van der Waals surface area contributed by atoms with Gasteiger partial charge in [-0.1, -0.05) is 122 Å². The second kappa shape index (κ2) is 30.5. The number of rotatable bonds is 33. The summed E-state index contributed by atoms with van der Waals surface area (Å²) in [5.74, 6) is -0.818. The molecule has 0 aliphatic heterocycles. The van der Waals surface area contributed by atoms with Crippen LogP contribution in [0.4, 0.5) is 0 Å². The van der Waals surface area contributed by atoms with Crippen molar-refractivity contribution in [1.29, 1.82) is 0 Å². The fourth-order valence-corrected chi connectivity index (χ4v) is 5.50. The molecule has 0 aliphatic rings. The second-order valence-electron chi connectivity index (χ2n) is 13.6. The maximum absolute atomic E-state index is 12.6. The summed E-state index contributed by atoms with van der Waals surface area (Å²) in [5, 5.41) is 0. The van der Waals surface area contributed by atoms with E-state index in [0.29, 0.717) is 17.4 Å². The molecule has 0 aromatic carbocycles. The van der Waals surface area contributed by atoms with E-state index in [4.69, 9.17) is 18.5 Å². The van der Waals surface area contributed by atoms with Gasteiger partial charge in [0, 0.05) is 12.8 Å². The molecule has 1 N–H and O–H groups in total. The van der Waals surface area contributed by atoms with E-state index in [0.717, 1.165) is 64.2 Å². The first-order valence-electron chi connectivity index (χ1n) is 18.6. The van der Waals surface area contributed by atoms with Crippen molar-refractivity contribution in [2.24, 2.45) is 0 Å². The Morgan fingerprint density at radius 1 is 0.660 bits per heavy atom. The van der Waals surface area contributed by atoms with Crippen LogP contribution in [-0.2, 0) is 32.7 Å². The lowest BCUT2D eigenvalue weighted by molar-refractivity contribution is -0.870. The fourth-order valence-electron chi connectivity index (χ4n) is 4.76. The van der Waals surface area contributed by atoms with Crippen molar-refractivity contribution in [3.05, 3.63) is 24.3 Å². The summed E-state index contributed by atoms with van der Waals surface area (Å²) in [6.07, 6.45) is 29.4. The first-order chi connectivity index (χ1) is 22.5. The number of quaternary nitrogens is 1. The Morgan fingerprint density at radius 3 is 1.77 bits per heavy atom. The van der Waals surface area contributed by atoms with Crippen molar-refractivity contribution < 1.29 is 42.1 Å². The van der Waals surface area contributed by atoms with Crippen LogP contribution in [0.1, 0.15) is 149 Å². The van der Waals surface area contributed by atoms with Crippen molar-refractivity contribution in [1.82, 2.24) is 0 Å². The zero-order valence-corrected chi connectivity index (χ0v) is 31.7. The van der Waals surface area contributed by atoms with Crippen molar-refractivity contribution in [2.45, 2.75) is 155 Å². The number of likely N-dealkylation sites (N-methyl/N-ethyl adjacent to an activating group) is 1. The molecular formula is C37H71NO8P+. The lowest BCUT2D eigenvalue weighted by Crippen LogP contribution is -2.37. The van der Waals surface area contributed by atoms with Gasteiger partial charge >= 0.3 is 19.8 Å². The Morgan fingerprint density at radius 2 is 1.19 bits per heavy atom. The van der Waals surface area contributed by atoms with Crippen LogP contribution in [0.15, 0.2) is 24.3 Å². The van der Waals surface area contributed by atoms with Gasteiger partial charge in [-0.3, -0.25) is 18.6 Å². The third-order valence-electron chi connectivity index (χ3n) is 7.72. The molecule has 0 saturated heterocycles. The average Bonchev–Trinajstić information content (AvgIpc) is 3.01. The number of allylic oxidation sites excluding steroid dienone is 4. The quantitative estimate of drug-likeness (QED) is 0.0239. The molecule has 0 aromatic heterocycles. The summed E-state index contributed by atoms with van der Waals surface area (Å²) in [7, 11) is 1.47. The van der Waals surface area contributed by atoms with Crippen molar-refractivity contribution in [3.63, 3.8) is 0 Å². The second-order valence-corrected chi connectivity index (χ2v) is 15.1. The van der Waals surface area contributed by atoms with Gasteiger partial charge in [0.25, 0.3) is 0 Å². The summed E-state index contributed by atoms with van der Waals surface area (Å²) < 4.78 is 34.1. The van der Waals surface area contributed by atoms with Gasteiger partial charge in [0.05, 0.1) is 27.7 Å². The summed E-state index contributed by atoms with van der Waals surface area (Å²) in [5.41, 5.74) is 0. The minimum atomic E-state index is -4.36. The number of unbranched alkanes of at least 4 members (excludes halogenated alkanes) is 15. The Labute approximate surface area is 288 Å². The van der Waals surface area contributed by atoms with Crippen LogP contribution in [0.25, 0.3) is 0 Å². The molecule has 0 saturated carbocycles. The van der Waals surface area contributed by atoms with Crippen LogP contribution in [0, 0.1) is 0 Å². The number of ether oxygens (including phenoxy) is 2. The Balaban J connectivity index is 4.48. The maximum atomic E-state index is 12.6. The largest absolute Gasteiger partial charge is 0.472 e. The molecule has 0 bridgehead atoms. The maximum Gasteiger partial charge on any atom is 0.472 e. The third-order valence-corrected chi connectivity index (χ3v) is 8.70.